The van der Waals surface area contributed by atoms with E-state index < -0.39 is 11.6 Å². The molecule has 5 aliphatic rings. The van der Waals surface area contributed by atoms with Crippen molar-refractivity contribution in [3.63, 3.8) is 0 Å². The number of hydrogen-bond acceptors (Lipinski definition) is 10. The number of aromatic nitrogens is 2. The highest BCUT2D eigenvalue weighted by molar-refractivity contribution is 7.97. The summed E-state index contributed by atoms with van der Waals surface area (Å²) in [5.74, 6) is 2.04. The third-order valence-electron chi connectivity index (χ3n) is 10.5. The van der Waals surface area contributed by atoms with Gasteiger partial charge in [-0.1, -0.05) is 12.0 Å². The predicted octanol–water partition coefficient (Wildman–Crippen LogP) is 5.13. The van der Waals surface area contributed by atoms with Crippen LogP contribution in [0, 0.1) is 34.9 Å². The Morgan fingerprint density at radius 3 is 2.54 bits per heavy atom. The van der Waals surface area contributed by atoms with Crippen LogP contribution in [0.1, 0.15) is 42.5 Å². The van der Waals surface area contributed by atoms with E-state index >= 15 is 8.78 Å². The maximum Gasteiger partial charge on any atom is 0.319 e. The third kappa shape index (κ3) is 5.64. The van der Waals surface area contributed by atoms with Crippen LogP contribution < -0.4 is 15.0 Å². The van der Waals surface area contributed by atoms with Crippen molar-refractivity contribution in [2.75, 3.05) is 78.1 Å². The average molecular weight is 675 g/mol. The third-order valence-corrected chi connectivity index (χ3v) is 11.6. The molecule has 5 heterocycles. The number of benzene rings is 2. The maximum absolute atomic E-state index is 17.5. The number of nitrogens with one attached hydrogen (secondary N) is 1. The largest absolute Gasteiger partial charge is 0.508 e. The first-order chi connectivity index (χ1) is 23.2. The van der Waals surface area contributed by atoms with Gasteiger partial charge >= 0.3 is 6.01 Å². The second kappa shape index (κ2) is 12.1. The van der Waals surface area contributed by atoms with Crippen molar-refractivity contribution in [1.82, 2.24) is 24.5 Å². The molecule has 0 radical (unpaired) electrons. The molecule has 1 aromatic heterocycles. The SMILES string of the molecule is C#Cc1c(F)ccc2cc(O)cc(C3=C(F)c4nc(OCC5(CN(C)C)CC5)nc(N5CCC6(CC5)CNC6)c4SN3CC3COC3)c12. The van der Waals surface area contributed by atoms with Gasteiger partial charge in [-0.3, -0.25) is 0 Å². The summed E-state index contributed by atoms with van der Waals surface area (Å²) in [6.07, 6.45) is 9.97. The van der Waals surface area contributed by atoms with Crippen LogP contribution in [-0.2, 0) is 4.74 Å². The Labute approximate surface area is 283 Å². The molecule has 2 N–H and O–H groups in total. The predicted molar refractivity (Wildman–Crippen MR) is 183 cm³/mol. The molecule has 1 aliphatic carbocycles. The number of hydrogen-bond donors (Lipinski definition) is 2. The summed E-state index contributed by atoms with van der Waals surface area (Å²) in [7, 11) is 4.11. The molecule has 0 unspecified atom stereocenters. The van der Waals surface area contributed by atoms with Gasteiger partial charge in [0, 0.05) is 61.6 Å². The maximum atomic E-state index is 17.5. The van der Waals surface area contributed by atoms with Gasteiger partial charge in [0.1, 0.15) is 22.2 Å². The number of halogens is 2. The minimum atomic E-state index is -0.595. The van der Waals surface area contributed by atoms with E-state index in [0.717, 1.165) is 58.4 Å². The van der Waals surface area contributed by atoms with E-state index in [0.29, 0.717) is 58.8 Å². The van der Waals surface area contributed by atoms with Crippen LogP contribution >= 0.6 is 11.9 Å². The minimum absolute atomic E-state index is 0.0151. The van der Waals surface area contributed by atoms with E-state index in [-0.39, 0.29) is 40.0 Å². The molecule has 4 aliphatic heterocycles. The summed E-state index contributed by atoms with van der Waals surface area (Å²) < 4.78 is 46.3. The molecule has 252 valence electrons. The molecule has 2 aromatic carbocycles. The van der Waals surface area contributed by atoms with E-state index in [4.69, 9.17) is 25.9 Å². The first-order valence-corrected chi connectivity index (χ1v) is 17.4. The molecule has 12 heteroatoms. The smallest absolute Gasteiger partial charge is 0.319 e. The average Bonchev–Trinajstić information content (AvgIpc) is 3.79. The Kier molecular flexibility index (Phi) is 7.94. The summed E-state index contributed by atoms with van der Waals surface area (Å²) >= 11 is 1.38. The van der Waals surface area contributed by atoms with Crippen molar-refractivity contribution in [1.29, 1.82) is 0 Å². The number of fused-ring (bicyclic) bond motifs is 2. The number of phenolic OH excluding ortho intramolecular Hbond substituents is 1. The summed E-state index contributed by atoms with van der Waals surface area (Å²) in [4.78, 5) is 14.7. The number of phenols is 1. The first-order valence-electron chi connectivity index (χ1n) is 16.7. The molecule has 4 fully saturated rings. The lowest BCUT2D eigenvalue weighted by Gasteiger charge is -2.49. The lowest BCUT2D eigenvalue weighted by atomic mass is 9.73. The van der Waals surface area contributed by atoms with E-state index in [1.165, 1.54) is 30.1 Å². The summed E-state index contributed by atoms with van der Waals surface area (Å²) in [5.41, 5.74) is 0.980. The van der Waals surface area contributed by atoms with Crippen LogP contribution in [-0.4, -0.2) is 97.5 Å². The highest BCUT2D eigenvalue weighted by atomic mass is 32.2. The van der Waals surface area contributed by atoms with Gasteiger partial charge in [0.15, 0.2) is 11.6 Å². The van der Waals surface area contributed by atoms with E-state index in [1.54, 1.807) is 6.07 Å². The number of nitrogens with zero attached hydrogens (tertiary/aromatic N) is 5. The Balaban J connectivity index is 1.27. The highest BCUT2D eigenvalue weighted by Crippen LogP contribution is 2.52. The number of rotatable bonds is 9. The zero-order valence-corrected chi connectivity index (χ0v) is 28.1. The van der Waals surface area contributed by atoms with E-state index in [9.17, 15) is 5.11 Å². The van der Waals surface area contributed by atoms with Crippen LogP contribution in [0.15, 0.2) is 29.2 Å². The van der Waals surface area contributed by atoms with Gasteiger partial charge in [0.25, 0.3) is 0 Å². The lowest BCUT2D eigenvalue weighted by molar-refractivity contribution is -0.0343. The molecule has 1 spiro atoms. The van der Waals surface area contributed by atoms with Gasteiger partial charge in [-0.25, -0.2) is 8.78 Å². The molecule has 0 amide bonds. The van der Waals surface area contributed by atoms with E-state index in [2.05, 4.69) is 35.1 Å². The lowest BCUT2D eigenvalue weighted by Crippen LogP contribution is -2.58. The quantitative estimate of drug-likeness (QED) is 0.236. The van der Waals surface area contributed by atoms with Gasteiger partial charge in [0.05, 0.1) is 31.1 Å². The number of ether oxygens (including phenoxy) is 2. The molecule has 0 atom stereocenters. The highest BCUT2D eigenvalue weighted by Gasteiger charge is 2.45. The first kappa shape index (κ1) is 31.6. The van der Waals surface area contributed by atoms with Gasteiger partial charge < -0.3 is 34.0 Å². The second-order valence-corrected chi connectivity index (χ2v) is 15.5. The van der Waals surface area contributed by atoms with Crippen LogP contribution in [0.2, 0.25) is 0 Å². The number of aromatic hydroxyl groups is 1. The summed E-state index contributed by atoms with van der Waals surface area (Å²) in [6.45, 7) is 6.54. The zero-order chi connectivity index (χ0) is 33.2. The fraction of sp³-hybridized carbons (Fsp3) is 0.500. The standard InChI is InChI=1S/C36H40F2N6O3S/c1-4-25-27(37)6-5-23-13-24(45)14-26(28(23)25)31-29(38)30-32(48-44(31)15-22-16-46-17-22)33(43-11-9-35(10-12-43)18-39-19-35)41-34(40-30)47-21-36(7-8-36)20-42(2)3/h1,5-6,13-14,22,39,45H,7-12,15-21H2,2-3H3. The van der Waals surface area contributed by atoms with E-state index in [1.807, 2.05) is 4.31 Å². The second-order valence-electron chi connectivity index (χ2n) is 14.5. The molecule has 8 rings (SSSR count). The minimum Gasteiger partial charge on any atom is -0.508 e. The van der Waals surface area contributed by atoms with Crippen molar-refractivity contribution in [2.45, 2.75) is 30.6 Å². The Morgan fingerprint density at radius 2 is 1.92 bits per heavy atom. The summed E-state index contributed by atoms with van der Waals surface area (Å²) in [6, 6.07) is 5.94. The van der Waals surface area contributed by atoms with Crippen LogP contribution in [0.5, 0.6) is 11.8 Å². The van der Waals surface area contributed by atoms with Crippen LogP contribution in [0.25, 0.3) is 22.3 Å². The van der Waals surface area contributed by atoms with Crippen LogP contribution in [0.4, 0.5) is 14.6 Å². The Hall–Kier alpha value is -3.63. The van der Waals surface area contributed by atoms with Crippen LogP contribution in [0.3, 0.4) is 0 Å². The van der Waals surface area contributed by atoms with Crippen molar-refractivity contribution in [3.05, 3.63) is 46.9 Å². The van der Waals surface area contributed by atoms with Crippen molar-refractivity contribution in [3.8, 4) is 24.1 Å². The fourth-order valence-electron chi connectivity index (χ4n) is 7.50. The van der Waals surface area contributed by atoms with Crippen molar-refractivity contribution < 1.29 is 23.4 Å². The molecule has 9 nitrogen and oxygen atoms in total. The molecular formula is C36H40F2N6O3S. The number of piperidine rings is 1. The fourth-order valence-corrected chi connectivity index (χ4v) is 8.76. The number of anilines is 1. The normalized spacial score (nSPS) is 21.2. The Morgan fingerprint density at radius 1 is 1.15 bits per heavy atom. The molecule has 1 saturated carbocycles. The van der Waals surface area contributed by atoms with Gasteiger partial charge in [-0.05, 0) is 80.7 Å². The van der Waals surface area contributed by atoms with Crippen molar-refractivity contribution in [2.24, 2.45) is 16.7 Å². The molecule has 48 heavy (non-hydrogen) atoms. The Bertz CT molecular complexity index is 1840. The zero-order valence-electron chi connectivity index (χ0n) is 27.3. The van der Waals surface area contributed by atoms with Gasteiger partial charge in [-0.15, -0.1) is 6.42 Å². The number of terminal acetylenes is 1. The molecule has 3 saturated heterocycles. The molecule has 0 bridgehead atoms. The van der Waals surface area contributed by atoms with Gasteiger partial charge in [0.2, 0.25) is 0 Å². The summed E-state index contributed by atoms with van der Waals surface area (Å²) in [5, 5.41) is 15.1. The van der Waals surface area contributed by atoms with Crippen molar-refractivity contribution >= 4 is 40.1 Å². The molecular weight excluding hydrogens is 634 g/mol. The molecule has 3 aromatic rings. The van der Waals surface area contributed by atoms with Gasteiger partial charge in [-0.2, -0.15) is 9.97 Å². The monoisotopic (exact) mass is 674 g/mol. The topological polar surface area (TPSA) is 86.2 Å².